The molecule has 0 amide bonds. The van der Waals surface area contributed by atoms with Gasteiger partial charge < -0.3 is 4.74 Å². The SMILES string of the molecule is CCOC1=CCCN(Cc2ccccc2)CC1. The largest absolute Gasteiger partial charge is 0.499 e. The molecule has 1 aromatic carbocycles. The van der Waals surface area contributed by atoms with Gasteiger partial charge >= 0.3 is 0 Å². The van der Waals surface area contributed by atoms with Crippen molar-refractivity contribution in [2.24, 2.45) is 0 Å². The van der Waals surface area contributed by atoms with Crippen molar-refractivity contribution in [2.75, 3.05) is 19.7 Å². The van der Waals surface area contributed by atoms with Crippen molar-refractivity contribution in [1.82, 2.24) is 4.90 Å². The molecule has 0 radical (unpaired) electrons. The van der Waals surface area contributed by atoms with Crippen LogP contribution in [0.4, 0.5) is 0 Å². The van der Waals surface area contributed by atoms with Crippen molar-refractivity contribution in [3.63, 3.8) is 0 Å². The molecule has 0 fully saturated rings. The van der Waals surface area contributed by atoms with Crippen LogP contribution in [0, 0.1) is 0 Å². The molecule has 2 rings (SSSR count). The van der Waals surface area contributed by atoms with E-state index in [-0.39, 0.29) is 0 Å². The van der Waals surface area contributed by atoms with Crippen LogP contribution in [0.5, 0.6) is 0 Å². The Kier molecular flexibility index (Phi) is 4.63. The highest BCUT2D eigenvalue weighted by Gasteiger charge is 2.11. The normalized spacial score (nSPS) is 17.4. The fraction of sp³-hybridized carbons (Fsp3) is 0.467. The first kappa shape index (κ1) is 12.2. The van der Waals surface area contributed by atoms with Gasteiger partial charge in [0.25, 0.3) is 0 Å². The predicted octanol–water partition coefficient (Wildman–Crippen LogP) is 3.20. The van der Waals surface area contributed by atoms with E-state index < -0.39 is 0 Å². The summed E-state index contributed by atoms with van der Waals surface area (Å²) >= 11 is 0. The summed E-state index contributed by atoms with van der Waals surface area (Å²) in [6.45, 7) is 6.11. The van der Waals surface area contributed by atoms with Gasteiger partial charge in [-0.25, -0.2) is 0 Å². The highest BCUT2D eigenvalue weighted by Crippen LogP contribution is 2.14. The molecule has 1 aliphatic heterocycles. The molecule has 2 nitrogen and oxygen atoms in total. The van der Waals surface area contributed by atoms with E-state index in [0.29, 0.717) is 0 Å². The van der Waals surface area contributed by atoms with E-state index in [9.17, 15) is 0 Å². The number of benzene rings is 1. The molecule has 0 saturated carbocycles. The smallest absolute Gasteiger partial charge is 0.0933 e. The minimum atomic E-state index is 0.782. The van der Waals surface area contributed by atoms with E-state index >= 15 is 0 Å². The minimum Gasteiger partial charge on any atom is -0.499 e. The molecular weight excluding hydrogens is 210 g/mol. The zero-order valence-electron chi connectivity index (χ0n) is 10.6. The summed E-state index contributed by atoms with van der Waals surface area (Å²) in [5, 5.41) is 0. The van der Waals surface area contributed by atoms with Crippen molar-refractivity contribution < 1.29 is 4.74 Å². The third kappa shape index (κ3) is 3.90. The topological polar surface area (TPSA) is 12.5 Å². The molecule has 0 bridgehead atoms. The average molecular weight is 231 g/mol. The number of nitrogens with zero attached hydrogens (tertiary/aromatic N) is 1. The summed E-state index contributed by atoms with van der Waals surface area (Å²) in [5.41, 5.74) is 1.40. The van der Waals surface area contributed by atoms with Crippen molar-refractivity contribution in [2.45, 2.75) is 26.3 Å². The number of rotatable bonds is 4. The average Bonchev–Trinajstić information content (AvgIpc) is 2.57. The maximum absolute atomic E-state index is 5.60. The van der Waals surface area contributed by atoms with Gasteiger partial charge in [0, 0.05) is 26.1 Å². The zero-order valence-corrected chi connectivity index (χ0v) is 10.6. The van der Waals surface area contributed by atoms with Crippen molar-refractivity contribution in [3.8, 4) is 0 Å². The number of ether oxygens (including phenoxy) is 1. The zero-order chi connectivity index (χ0) is 11.9. The fourth-order valence-corrected chi connectivity index (χ4v) is 2.21. The molecule has 0 spiro atoms. The van der Waals surface area contributed by atoms with Gasteiger partial charge in [-0.05, 0) is 25.0 Å². The van der Waals surface area contributed by atoms with Crippen molar-refractivity contribution in [3.05, 3.63) is 47.7 Å². The van der Waals surface area contributed by atoms with E-state index in [1.165, 1.54) is 11.3 Å². The molecule has 17 heavy (non-hydrogen) atoms. The van der Waals surface area contributed by atoms with Crippen molar-refractivity contribution >= 4 is 0 Å². The second-order valence-corrected chi connectivity index (χ2v) is 4.40. The van der Waals surface area contributed by atoms with Gasteiger partial charge in [0.1, 0.15) is 0 Å². The molecule has 1 aliphatic rings. The van der Waals surface area contributed by atoms with Gasteiger partial charge in [0.15, 0.2) is 0 Å². The molecule has 0 unspecified atom stereocenters. The lowest BCUT2D eigenvalue weighted by molar-refractivity contribution is 0.205. The van der Waals surface area contributed by atoms with Gasteiger partial charge in [-0.2, -0.15) is 0 Å². The van der Waals surface area contributed by atoms with Crippen LogP contribution in [0.15, 0.2) is 42.2 Å². The fourth-order valence-electron chi connectivity index (χ4n) is 2.21. The minimum absolute atomic E-state index is 0.782. The molecule has 1 aromatic rings. The molecule has 0 saturated heterocycles. The number of hydrogen-bond acceptors (Lipinski definition) is 2. The molecule has 0 aromatic heterocycles. The lowest BCUT2D eigenvalue weighted by Crippen LogP contribution is -2.24. The maximum atomic E-state index is 5.60. The highest BCUT2D eigenvalue weighted by atomic mass is 16.5. The van der Waals surface area contributed by atoms with E-state index in [4.69, 9.17) is 4.74 Å². The second-order valence-electron chi connectivity index (χ2n) is 4.40. The Hall–Kier alpha value is -1.28. The lowest BCUT2D eigenvalue weighted by atomic mass is 10.2. The first-order chi connectivity index (χ1) is 8.38. The summed E-state index contributed by atoms with van der Waals surface area (Å²) in [5.74, 6) is 1.17. The Labute approximate surface area is 104 Å². The van der Waals surface area contributed by atoms with Crippen LogP contribution in [0.3, 0.4) is 0 Å². The van der Waals surface area contributed by atoms with Gasteiger partial charge in [-0.15, -0.1) is 0 Å². The van der Waals surface area contributed by atoms with Gasteiger partial charge in [-0.3, -0.25) is 4.90 Å². The third-order valence-electron chi connectivity index (χ3n) is 3.07. The van der Waals surface area contributed by atoms with Crippen LogP contribution in [0.2, 0.25) is 0 Å². The molecule has 92 valence electrons. The Bertz CT molecular complexity index is 358. The lowest BCUT2D eigenvalue weighted by Gasteiger charge is -2.19. The van der Waals surface area contributed by atoms with E-state index in [0.717, 1.165) is 39.1 Å². The molecule has 2 heteroatoms. The highest BCUT2D eigenvalue weighted by molar-refractivity contribution is 5.14. The summed E-state index contributed by atoms with van der Waals surface area (Å²) in [6, 6.07) is 10.7. The van der Waals surface area contributed by atoms with Gasteiger partial charge in [0.05, 0.1) is 12.4 Å². The van der Waals surface area contributed by atoms with Crippen LogP contribution in [-0.2, 0) is 11.3 Å². The van der Waals surface area contributed by atoms with Crippen LogP contribution in [0.1, 0.15) is 25.3 Å². The van der Waals surface area contributed by atoms with Gasteiger partial charge in [0.2, 0.25) is 0 Å². The van der Waals surface area contributed by atoms with Gasteiger partial charge in [-0.1, -0.05) is 30.3 Å². The summed E-state index contributed by atoms with van der Waals surface area (Å²) in [7, 11) is 0. The molecule has 0 N–H and O–H groups in total. The quantitative estimate of drug-likeness (QED) is 0.789. The maximum Gasteiger partial charge on any atom is 0.0933 e. The Balaban J connectivity index is 1.85. The Morgan fingerprint density at radius 1 is 1.18 bits per heavy atom. The Morgan fingerprint density at radius 3 is 2.76 bits per heavy atom. The van der Waals surface area contributed by atoms with Crippen LogP contribution in [0.25, 0.3) is 0 Å². The van der Waals surface area contributed by atoms with E-state index in [1.807, 2.05) is 6.92 Å². The molecular formula is C15H21NO. The summed E-state index contributed by atoms with van der Waals surface area (Å²) in [6.07, 6.45) is 4.39. The van der Waals surface area contributed by atoms with Crippen LogP contribution in [-0.4, -0.2) is 24.6 Å². The van der Waals surface area contributed by atoms with Crippen molar-refractivity contribution in [1.29, 1.82) is 0 Å². The van der Waals surface area contributed by atoms with E-state index in [2.05, 4.69) is 41.3 Å². The molecule has 0 atom stereocenters. The first-order valence-corrected chi connectivity index (χ1v) is 6.46. The molecule has 0 aliphatic carbocycles. The summed E-state index contributed by atoms with van der Waals surface area (Å²) < 4.78 is 5.60. The monoisotopic (exact) mass is 231 g/mol. The predicted molar refractivity (Wildman–Crippen MR) is 70.7 cm³/mol. The second kappa shape index (κ2) is 6.45. The standard InChI is InChI=1S/C15H21NO/c1-2-17-15-9-6-11-16(12-10-15)13-14-7-4-3-5-8-14/h3-5,7-9H,2,6,10-13H2,1H3. The Morgan fingerprint density at radius 2 is 2.00 bits per heavy atom. The first-order valence-electron chi connectivity index (χ1n) is 6.46. The molecule has 1 heterocycles. The van der Waals surface area contributed by atoms with Crippen LogP contribution < -0.4 is 0 Å². The number of hydrogen-bond donors (Lipinski definition) is 0. The van der Waals surface area contributed by atoms with Crippen LogP contribution >= 0.6 is 0 Å². The van der Waals surface area contributed by atoms with E-state index in [1.54, 1.807) is 0 Å². The third-order valence-corrected chi connectivity index (χ3v) is 3.07. The summed E-state index contributed by atoms with van der Waals surface area (Å²) in [4.78, 5) is 2.50.